The van der Waals surface area contributed by atoms with Crippen LogP contribution in [-0.2, 0) is 0 Å². The van der Waals surface area contributed by atoms with E-state index in [1.807, 2.05) is 30.3 Å². The van der Waals surface area contributed by atoms with Crippen LogP contribution in [-0.4, -0.2) is 5.91 Å². The SMILES string of the molecule is Cc1occc1C(=O)Nc1ccccc1. The summed E-state index contributed by atoms with van der Waals surface area (Å²) in [5.74, 6) is 0.482. The number of rotatable bonds is 2. The molecule has 1 aromatic carbocycles. The molecular weight excluding hydrogens is 190 g/mol. The van der Waals surface area contributed by atoms with Crippen LogP contribution in [0.25, 0.3) is 0 Å². The fourth-order valence-electron chi connectivity index (χ4n) is 1.34. The second kappa shape index (κ2) is 4.00. The van der Waals surface area contributed by atoms with Gasteiger partial charge in [0.1, 0.15) is 5.76 Å². The number of carbonyl (C=O) groups excluding carboxylic acids is 1. The zero-order valence-electron chi connectivity index (χ0n) is 8.36. The minimum Gasteiger partial charge on any atom is -0.469 e. The highest BCUT2D eigenvalue weighted by atomic mass is 16.3. The van der Waals surface area contributed by atoms with E-state index < -0.39 is 0 Å². The molecule has 0 atom stereocenters. The van der Waals surface area contributed by atoms with E-state index in [-0.39, 0.29) is 5.91 Å². The molecule has 3 nitrogen and oxygen atoms in total. The molecule has 1 heterocycles. The van der Waals surface area contributed by atoms with Gasteiger partial charge in [0.2, 0.25) is 0 Å². The molecule has 0 bridgehead atoms. The van der Waals surface area contributed by atoms with Crippen LogP contribution in [0, 0.1) is 6.92 Å². The largest absolute Gasteiger partial charge is 0.469 e. The molecule has 0 spiro atoms. The van der Waals surface area contributed by atoms with Gasteiger partial charge >= 0.3 is 0 Å². The van der Waals surface area contributed by atoms with E-state index in [2.05, 4.69) is 5.32 Å². The summed E-state index contributed by atoms with van der Waals surface area (Å²) in [4.78, 5) is 11.7. The van der Waals surface area contributed by atoms with Crippen LogP contribution < -0.4 is 5.32 Å². The second-order valence-corrected chi connectivity index (χ2v) is 3.21. The van der Waals surface area contributed by atoms with Crippen LogP contribution in [0.15, 0.2) is 47.1 Å². The summed E-state index contributed by atoms with van der Waals surface area (Å²) in [6.45, 7) is 1.76. The normalized spacial score (nSPS) is 9.93. The molecular formula is C12H11NO2. The molecule has 0 aliphatic rings. The van der Waals surface area contributed by atoms with Gasteiger partial charge < -0.3 is 9.73 Å². The van der Waals surface area contributed by atoms with E-state index in [1.165, 1.54) is 6.26 Å². The lowest BCUT2D eigenvalue weighted by atomic mass is 10.2. The number of benzene rings is 1. The number of amides is 1. The first-order valence-electron chi connectivity index (χ1n) is 4.68. The summed E-state index contributed by atoms with van der Waals surface area (Å²) in [6.07, 6.45) is 1.51. The van der Waals surface area contributed by atoms with Crippen molar-refractivity contribution in [2.75, 3.05) is 5.32 Å². The Bertz CT molecular complexity index is 459. The summed E-state index contributed by atoms with van der Waals surface area (Å²) < 4.78 is 5.06. The lowest BCUT2D eigenvalue weighted by Crippen LogP contribution is -2.11. The van der Waals surface area contributed by atoms with E-state index >= 15 is 0 Å². The number of aryl methyl sites for hydroxylation is 1. The molecule has 0 saturated carbocycles. The maximum absolute atomic E-state index is 11.7. The zero-order chi connectivity index (χ0) is 10.7. The Balaban J connectivity index is 2.15. The van der Waals surface area contributed by atoms with Gasteiger partial charge in [-0.2, -0.15) is 0 Å². The molecule has 76 valence electrons. The third-order valence-electron chi connectivity index (χ3n) is 2.14. The second-order valence-electron chi connectivity index (χ2n) is 3.21. The zero-order valence-corrected chi connectivity index (χ0v) is 8.36. The Labute approximate surface area is 87.7 Å². The van der Waals surface area contributed by atoms with Crippen molar-refractivity contribution in [2.24, 2.45) is 0 Å². The van der Waals surface area contributed by atoms with Crippen molar-refractivity contribution in [3.8, 4) is 0 Å². The standard InChI is InChI=1S/C12H11NO2/c1-9-11(7-8-15-9)12(14)13-10-5-3-2-4-6-10/h2-8H,1H3,(H,13,14). The molecule has 1 amide bonds. The topological polar surface area (TPSA) is 42.2 Å². The summed E-state index contributed by atoms with van der Waals surface area (Å²) in [5.41, 5.74) is 1.35. The van der Waals surface area contributed by atoms with Gasteiger partial charge in [0, 0.05) is 5.69 Å². The fourth-order valence-corrected chi connectivity index (χ4v) is 1.34. The first-order valence-corrected chi connectivity index (χ1v) is 4.68. The van der Waals surface area contributed by atoms with Crippen LogP contribution >= 0.6 is 0 Å². The van der Waals surface area contributed by atoms with Crippen molar-refractivity contribution in [1.29, 1.82) is 0 Å². The minimum atomic E-state index is -0.146. The summed E-state index contributed by atoms with van der Waals surface area (Å²) >= 11 is 0. The van der Waals surface area contributed by atoms with Crippen LogP contribution in [0.2, 0.25) is 0 Å². The van der Waals surface area contributed by atoms with Crippen molar-refractivity contribution in [3.63, 3.8) is 0 Å². The van der Waals surface area contributed by atoms with E-state index in [0.29, 0.717) is 11.3 Å². The highest BCUT2D eigenvalue weighted by Crippen LogP contribution is 2.12. The van der Waals surface area contributed by atoms with Crippen LogP contribution in [0.3, 0.4) is 0 Å². The number of furan rings is 1. The molecule has 0 fully saturated rings. The van der Waals surface area contributed by atoms with Crippen molar-refractivity contribution < 1.29 is 9.21 Å². The van der Waals surface area contributed by atoms with Crippen LogP contribution in [0.1, 0.15) is 16.1 Å². The first kappa shape index (κ1) is 9.52. The summed E-state index contributed by atoms with van der Waals surface area (Å²) in [7, 11) is 0. The molecule has 3 heteroatoms. The first-order chi connectivity index (χ1) is 7.27. The number of carbonyl (C=O) groups is 1. The number of hydrogen-bond acceptors (Lipinski definition) is 2. The monoisotopic (exact) mass is 201 g/mol. The number of anilines is 1. The third kappa shape index (κ3) is 2.07. The lowest BCUT2D eigenvalue weighted by Gasteiger charge is -2.03. The van der Waals surface area contributed by atoms with Gasteiger partial charge in [-0.25, -0.2) is 0 Å². The fraction of sp³-hybridized carbons (Fsp3) is 0.0833. The Morgan fingerprint density at radius 3 is 2.53 bits per heavy atom. The Morgan fingerprint density at radius 2 is 1.93 bits per heavy atom. The predicted octanol–water partition coefficient (Wildman–Crippen LogP) is 2.84. The van der Waals surface area contributed by atoms with Crippen LogP contribution in [0.5, 0.6) is 0 Å². The molecule has 2 aromatic rings. The van der Waals surface area contributed by atoms with Gasteiger partial charge in [-0.3, -0.25) is 4.79 Å². The van der Waals surface area contributed by atoms with Gasteiger partial charge in [-0.15, -0.1) is 0 Å². The molecule has 1 N–H and O–H groups in total. The van der Waals surface area contributed by atoms with E-state index in [0.717, 1.165) is 5.69 Å². The maximum Gasteiger partial charge on any atom is 0.259 e. The molecule has 0 saturated heterocycles. The average molecular weight is 201 g/mol. The molecule has 15 heavy (non-hydrogen) atoms. The quantitative estimate of drug-likeness (QED) is 0.811. The van der Waals surface area contributed by atoms with E-state index in [1.54, 1.807) is 13.0 Å². The maximum atomic E-state index is 11.7. The Kier molecular flexibility index (Phi) is 2.54. The number of para-hydroxylation sites is 1. The Hall–Kier alpha value is -2.03. The van der Waals surface area contributed by atoms with Gasteiger partial charge in [-0.1, -0.05) is 18.2 Å². The van der Waals surface area contributed by atoms with Gasteiger partial charge in [0.15, 0.2) is 0 Å². The highest BCUT2D eigenvalue weighted by molar-refractivity contribution is 6.04. The van der Waals surface area contributed by atoms with E-state index in [4.69, 9.17) is 4.42 Å². The molecule has 1 aromatic heterocycles. The average Bonchev–Trinajstić information content (AvgIpc) is 2.66. The van der Waals surface area contributed by atoms with Crippen molar-refractivity contribution >= 4 is 11.6 Å². The predicted molar refractivity (Wildman–Crippen MR) is 57.8 cm³/mol. The molecule has 0 unspecified atom stereocenters. The summed E-state index contributed by atoms with van der Waals surface area (Å²) in [6, 6.07) is 11.0. The van der Waals surface area contributed by atoms with Crippen LogP contribution in [0.4, 0.5) is 5.69 Å². The minimum absolute atomic E-state index is 0.146. The number of nitrogens with one attached hydrogen (secondary N) is 1. The highest BCUT2D eigenvalue weighted by Gasteiger charge is 2.10. The van der Waals surface area contributed by atoms with Crippen molar-refractivity contribution in [2.45, 2.75) is 6.92 Å². The number of hydrogen-bond donors (Lipinski definition) is 1. The summed E-state index contributed by atoms with van der Waals surface area (Å²) in [5, 5.41) is 2.79. The van der Waals surface area contributed by atoms with Gasteiger partial charge in [0.25, 0.3) is 5.91 Å². The Morgan fingerprint density at radius 1 is 1.20 bits per heavy atom. The molecule has 0 aliphatic heterocycles. The van der Waals surface area contributed by atoms with Gasteiger partial charge in [-0.05, 0) is 25.1 Å². The van der Waals surface area contributed by atoms with E-state index in [9.17, 15) is 4.79 Å². The van der Waals surface area contributed by atoms with Crippen molar-refractivity contribution in [1.82, 2.24) is 0 Å². The molecule has 0 radical (unpaired) electrons. The smallest absolute Gasteiger partial charge is 0.259 e. The molecule has 0 aliphatic carbocycles. The van der Waals surface area contributed by atoms with Crippen molar-refractivity contribution in [3.05, 3.63) is 54.0 Å². The lowest BCUT2D eigenvalue weighted by molar-refractivity contribution is 0.102. The molecule has 2 rings (SSSR count). The van der Waals surface area contributed by atoms with Gasteiger partial charge in [0.05, 0.1) is 11.8 Å². The third-order valence-corrected chi connectivity index (χ3v) is 2.14.